The Morgan fingerprint density at radius 1 is 1.45 bits per heavy atom. The Labute approximate surface area is 119 Å². The molecule has 0 amide bonds. The molecule has 1 spiro atoms. The molecule has 0 aromatic carbocycles. The van der Waals surface area contributed by atoms with Gasteiger partial charge < -0.3 is 15.6 Å². The van der Waals surface area contributed by atoms with Crippen LogP contribution in [0.5, 0.6) is 0 Å². The highest BCUT2D eigenvalue weighted by molar-refractivity contribution is 5.38. The maximum atomic E-state index is 10.2. The van der Waals surface area contributed by atoms with Crippen LogP contribution in [0.2, 0.25) is 0 Å². The van der Waals surface area contributed by atoms with Crippen LogP contribution in [0.3, 0.4) is 0 Å². The largest absolute Gasteiger partial charge is 0.390 e. The number of likely N-dealkylation sites (tertiary alicyclic amines) is 1. The second kappa shape index (κ2) is 5.68. The molecule has 2 saturated heterocycles. The number of aromatic nitrogens is 1. The van der Waals surface area contributed by atoms with E-state index in [-0.39, 0.29) is 11.7 Å². The summed E-state index contributed by atoms with van der Waals surface area (Å²) in [7, 11) is 0. The fraction of sp³-hybridized carbons (Fsp3) is 0.667. The Bertz CT molecular complexity index is 458. The second-order valence-corrected chi connectivity index (χ2v) is 5.90. The Kier molecular flexibility index (Phi) is 3.92. The summed E-state index contributed by atoms with van der Waals surface area (Å²) < 4.78 is 5.93. The zero-order chi connectivity index (χ0) is 14.0. The summed E-state index contributed by atoms with van der Waals surface area (Å²) in [5.74, 6) is 0.613. The highest BCUT2D eigenvalue weighted by atomic mass is 16.5. The van der Waals surface area contributed by atoms with Gasteiger partial charge in [0.2, 0.25) is 0 Å². The molecule has 0 bridgehead atoms. The number of nitrogens with two attached hydrogens (primary N) is 1. The highest BCUT2D eigenvalue weighted by Crippen LogP contribution is 2.35. The first-order valence-electron chi connectivity index (χ1n) is 7.43. The molecule has 2 aliphatic heterocycles. The monoisotopic (exact) mass is 277 g/mol. The van der Waals surface area contributed by atoms with Crippen LogP contribution in [0.15, 0.2) is 18.3 Å². The number of pyridine rings is 1. The zero-order valence-electron chi connectivity index (χ0n) is 11.8. The van der Waals surface area contributed by atoms with E-state index in [0.29, 0.717) is 5.82 Å². The molecule has 1 atom stereocenters. The molecule has 2 fully saturated rings. The molecule has 0 aliphatic carbocycles. The summed E-state index contributed by atoms with van der Waals surface area (Å²) in [5, 5.41) is 10.2. The van der Waals surface area contributed by atoms with Gasteiger partial charge in [-0.25, -0.2) is 4.98 Å². The summed E-state index contributed by atoms with van der Waals surface area (Å²) in [4.78, 5) is 6.49. The molecule has 110 valence electrons. The minimum atomic E-state index is -0.304. The first-order valence-corrected chi connectivity index (χ1v) is 7.43. The first kappa shape index (κ1) is 13.8. The average Bonchev–Trinajstić information content (AvgIpc) is 2.47. The van der Waals surface area contributed by atoms with Gasteiger partial charge in [-0.3, -0.25) is 4.90 Å². The number of aliphatic hydroxyl groups is 1. The summed E-state index contributed by atoms with van der Waals surface area (Å²) in [6, 6.07) is 3.95. The Morgan fingerprint density at radius 3 is 2.95 bits per heavy atom. The quantitative estimate of drug-likeness (QED) is 0.849. The van der Waals surface area contributed by atoms with Crippen molar-refractivity contribution in [2.24, 2.45) is 0 Å². The molecule has 3 N–H and O–H groups in total. The van der Waals surface area contributed by atoms with Crippen molar-refractivity contribution in [2.45, 2.75) is 43.9 Å². The molecule has 2 aliphatic rings. The molecular weight excluding hydrogens is 254 g/mol. The van der Waals surface area contributed by atoms with Crippen molar-refractivity contribution in [3.05, 3.63) is 23.9 Å². The molecular formula is C15H23N3O2. The molecule has 5 nitrogen and oxygen atoms in total. The van der Waals surface area contributed by atoms with Gasteiger partial charge in [-0.2, -0.15) is 0 Å². The van der Waals surface area contributed by atoms with Crippen LogP contribution in [-0.2, 0) is 11.3 Å². The topological polar surface area (TPSA) is 71.6 Å². The maximum absolute atomic E-state index is 10.2. The fourth-order valence-electron chi connectivity index (χ4n) is 3.30. The summed E-state index contributed by atoms with van der Waals surface area (Å²) >= 11 is 0. The summed E-state index contributed by atoms with van der Waals surface area (Å²) in [6.45, 7) is 3.48. The van der Waals surface area contributed by atoms with E-state index in [1.807, 2.05) is 12.1 Å². The van der Waals surface area contributed by atoms with E-state index in [1.165, 1.54) is 0 Å². The minimum absolute atomic E-state index is 0.296. The van der Waals surface area contributed by atoms with Crippen LogP contribution < -0.4 is 5.73 Å². The van der Waals surface area contributed by atoms with Gasteiger partial charge in [-0.15, -0.1) is 0 Å². The molecule has 0 saturated carbocycles. The summed E-state index contributed by atoms with van der Waals surface area (Å²) in [5.41, 5.74) is 6.67. The van der Waals surface area contributed by atoms with Gasteiger partial charge in [0.1, 0.15) is 5.82 Å². The van der Waals surface area contributed by atoms with Crippen LogP contribution >= 0.6 is 0 Å². The van der Waals surface area contributed by atoms with Gasteiger partial charge in [0.15, 0.2) is 0 Å². The SMILES string of the molecule is Nc1ncccc1CN1CCC2(CC1)OCCC[C@@H]2O. The van der Waals surface area contributed by atoms with Crippen molar-refractivity contribution in [3.8, 4) is 0 Å². The third-order valence-electron chi connectivity index (χ3n) is 4.64. The molecule has 0 radical (unpaired) electrons. The number of anilines is 1. The number of hydrogen-bond donors (Lipinski definition) is 2. The average molecular weight is 277 g/mol. The third-order valence-corrected chi connectivity index (χ3v) is 4.64. The number of nitrogens with zero attached hydrogens (tertiary/aromatic N) is 2. The lowest BCUT2D eigenvalue weighted by molar-refractivity contribution is -0.177. The fourth-order valence-corrected chi connectivity index (χ4v) is 3.30. The van der Waals surface area contributed by atoms with E-state index in [9.17, 15) is 5.11 Å². The number of piperidine rings is 1. The lowest BCUT2D eigenvalue weighted by Gasteiger charge is -2.46. The molecule has 3 rings (SSSR count). The van der Waals surface area contributed by atoms with E-state index >= 15 is 0 Å². The third kappa shape index (κ3) is 2.66. The van der Waals surface area contributed by atoms with Crippen LogP contribution in [0.25, 0.3) is 0 Å². The molecule has 1 aromatic rings. The number of nitrogen functional groups attached to an aromatic ring is 1. The van der Waals surface area contributed by atoms with Crippen molar-refractivity contribution in [3.63, 3.8) is 0 Å². The smallest absolute Gasteiger partial charge is 0.127 e. The molecule has 0 unspecified atom stereocenters. The summed E-state index contributed by atoms with van der Waals surface area (Å²) in [6.07, 6.45) is 5.05. The standard InChI is InChI=1S/C15H23N3O2/c16-14-12(3-1-7-17-14)11-18-8-5-15(6-9-18)13(19)4-2-10-20-15/h1,3,7,13,19H,2,4-6,8-11H2,(H2,16,17)/t13-/m0/s1. The van der Waals surface area contributed by atoms with Gasteiger partial charge in [0.25, 0.3) is 0 Å². The van der Waals surface area contributed by atoms with Gasteiger partial charge in [0, 0.05) is 38.0 Å². The minimum Gasteiger partial charge on any atom is -0.390 e. The molecule has 1 aromatic heterocycles. The predicted octanol–water partition coefficient (Wildman–Crippen LogP) is 1.17. The van der Waals surface area contributed by atoms with E-state index in [0.717, 1.165) is 57.5 Å². The number of rotatable bonds is 2. The van der Waals surface area contributed by atoms with Crippen molar-refractivity contribution in [2.75, 3.05) is 25.4 Å². The van der Waals surface area contributed by atoms with Crippen molar-refractivity contribution < 1.29 is 9.84 Å². The van der Waals surface area contributed by atoms with Gasteiger partial charge >= 0.3 is 0 Å². The Morgan fingerprint density at radius 2 is 2.25 bits per heavy atom. The molecule has 5 heteroatoms. The molecule has 3 heterocycles. The lowest BCUT2D eigenvalue weighted by atomic mass is 9.82. The predicted molar refractivity (Wildman–Crippen MR) is 77.1 cm³/mol. The van der Waals surface area contributed by atoms with E-state index in [4.69, 9.17) is 10.5 Å². The van der Waals surface area contributed by atoms with E-state index in [2.05, 4.69) is 9.88 Å². The van der Waals surface area contributed by atoms with Crippen LogP contribution in [-0.4, -0.2) is 46.4 Å². The number of aliphatic hydroxyl groups excluding tert-OH is 1. The van der Waals surface area contributed by atoms with Crippen molar-refractivity contribution >= 4 is 5.82 Å². The van der Waals surface area contributed by atoms with Gasteiger partial charge in [-0.1, -0.05) is 6.07 Å². The van der Waals surface area contributed by atoms with Crippen LogP contribution in [0, 0.1) is 0 Å². The van der Waals surface area contributed by atoms with E-state index < -0.39 is 0 Å². The van der Waals surface area contributed by atoms with Crippen LogP contribution in [0.4, 0.5) is 5.82 Å². The maximum Gasteiger partial charge on any atom is 0.127 e. The highest BCUT2D eigenvalue weighted by Gasteiger charge is 2.43. The normalized spacial score (nSPS) is 26.8. The van der Waals surface area contributed by atoms with E-state index in [1.54, 1.807) is 6.20 Å². The van der Waals surface area contributed by atoms with Gasteiger partial charge in [0.05, 0.1) is 11.7 Å². The second-order valence-electron chi connectivity index (χ2n) is 5.90. The van der Waals surface area contributed by atoms with Gasteiger partial charge in [-0.05, 0) is 31.7 Å². The van der Waals surface area contributed by atoms with Crippen LogP contribution in [0.1, 0.15) is 31.2 Å². The first-order chi connectivity index (χ1) is 9.70. The molecule has 20 heavy (non-hydrogen) atoms. The Hall–Kier alpha value is -1.17. The zero-order valence-corrected chi connectivity index (χ0v) is 11.8. The lowest BCUT2D eigenvalue weighted by Crippen LogP contribution is -2.55. The Balaban J connectivity index is 1.60. The van der Waals surface area contributed by atoms with Crippen molar-refractivity contribution in [1.29, 1.82) is 0 Å². The van der Waals surface area contributed by atoms with Crippen molar-refractivity contribution in [1.82, 2.24) is 9.88 Å². The number of ether oxygens (including phenoxy) is 1. The number of hydrogen-bond acceptors (Lipinski definition) is 5.